The zero-order valence-corrected chi connectivity index (χ0v) is 11.8. The van der Waals surface area contributed by atoms with E-state index in [2.05, 4.69) is 15.9 Å². The lowest BCUT2D eigenvalue weighted by molar-refractivity contribution is -0.151. The monoisotopic (exact) mass is 310 g/mol. The number of halogens is 1. The lowest BCUT2D eigenvalue weighted by Crippen LogP contribution is -2.45. The number of carbonyl (C=O) groups excluding carboxylic acids is 2. The predicted octanol–water partition coefficient (Wildman–Crippen LogP) is 2.76. The van der Waals surface area contributed by atoms with Crippen LogP contribution in [0.4, 0.5) is 0 Å². The first kappa shape index (κ1) is 13.3. The van der Waals surface area contributed by atoms with Crippen LogP contribution in [0.2, 0.25) is 0 Å². The first-order valence-electron chi connectivity index (χ1n) is 6.01. The lowest BCUT2D eigenvalue weighted by Gasteiger charge is -2.32. The fourth-order valence-electron chi connectivity index (χ4n) is 2.33. The van der Waals surface area contributed by atoms with Crippen LogP contribution < -0.4 is 0 Å². The number of benzene rings is 1. The van der Waals surface area contributed by atoms with Gasteiger partial charge in [0.2, 0.25) is 0 Å². The molecule has 0 fully saturated rings. The molecular weight excluding hydrogens is 296 g/mol. The smallest absolute Gasteiger partial charge is 0.320 e. The van der Waals surface area contributed by atoms with Crippen LogP contribution in [0.15, 0.2) is 24.3 Å². The van der Waals surface area contributed by atoms with Crippen molar-refractivity contribution in [2.75, 3.05) is 11.9 Å². The van der Waals surface area contributed by atoms with Gasteiger partial charge in [-0.15, -0.1) is 0 Å². The highest BCUT2D eigenvalue weighted by Crippen LogP contribution is 2.38. The van der Waals surface area contributed by atoms with Crippen molar-refractivity contribution in [2.24, 2.45) is 5.41 Å². The third-order valence-corrected chi connectivity index (χ3v) is 4.37. The van der Waals surface area contributed by atoms with Gasteiger partial charge in [-0.2, -0.15) is 0 Å². The van der Waals surface area contributed by atoms with Gasteiger partial charge >= 0.3 is 5.97 Å². The maximum Gasteiger partial charge on any atom is 0.320 e. The van der Waals surface area contributed by atoms with E-state index in [0.29, 0.717) is 23.9 Å². The van der Waals surface area contributed by atoms with Crippen molar-refractivity contribution in [1.82, 2.24) is 0 Å². The molecule has 18 heavy (non-hydrogen) atoms. The van der Waals surface area contributed by atoms with E-state index in [-0.39, 0.29) is 5.78 Å². The Labute approximate surface area is 115 Å². The molecule has 3 nitrogen and oxygen atoms in total. The zero-order chi connectivity index (χ0) is 13.2. The maximum absolute atomic E-state index is 12.6. The summed E-state index contributed by atoms with van der Waals surface area (Å²) in [7, 11) is 0. The first-order chi connectivity index (χ1) is 8.65. The van der Waals surface area contributed by atoms with Crippen LogP contribution in [0.1, 0.15) is 29.3 Å². The maximum atomic E-state index is 12.6. The van der Waals surface area contributed by atoms with E-state index in [4.69, 9.17) is 4.74 Å². The number of hydrogen-bond donors (Lipinski definition) is 0. The Morgan fingerprint density at radius 2 is 2.17 bits per heavy atom. The molecular formula is C14H15BrO3. The van der Waals surface area contributed by atoms with E-state index in [9.17, 15) is 9.59 Å². The molecule has 1 aliphatic carbocycles. The summed E-state index contributed by atoms with van der Waals surface area (Å²) in [6.45, 7) is 2.05. The molecule has 1 aromatic rings. The lowest BCUT2D eigenvalue weighted by atomic mass is 9.72. The van der Waals surface area contributed by atoms with Crippen LogP contribution in [0.5, 0.6) is 0 Å². The first-order valence-corrected chi connectivity index (χ1v) is 7.13. The standard InChI is InChI=1S/C14H15BrO3/c1-2-18-13(17)14(9-15)8-7-10-5-3-4-6-11(10)12(14)16/h3-6H,2,7-9H2,1H3. The summed E-state index contributed by atoms with van der Waals surface area (Å²) < 4.78 is 5.07. The molecule has 0 N–H and O–H groups in total. The summed E-state index contributed by atoms with van der Waals surface area (Å²) in [6, 6.07) is 7.47. The molecule has 0 heterocycles. The summed E-state index contributed by atoms with van der Waals surface area (Å²) in [5.74, 6) is -0.541. The molecule has 0 spiro atoms. The molecule has 4 heteroatoms. The Kier molecular flexibility index (Phi) is 3.85. The van der Waals surface area contributed by atoms with Gasteiger partial charge in [0.15, 0.2) is 5.78 Å². The van der Waals surface area contributed by atoms with Crippen LogP contribution >= 0.6 is 15.9 Å². The Morgan fingerprint density at radius 1 is 1.44 bits per heavy atom. The van der Waals surface area contributed by atoms with Crippen molar-refractivity contribution >= 4 is 27.7 Å². The highest BCUT2D eigenvalue weighted by atomic mass is 79.9. The molecule has 0 amide bonds. The topological polar surface area (TPSA) is 43.4 Å². The minimum absolute atomic E-state index is 0.125. The van der Waals surface area contributed by atoms with Crippen LogP contribution in [-0.2, 0) is 16.0 Å². The molecule has 0 aliphatic heterocycles. The summed E-state index contributed by atoms with van der Waals surface area (Å²) in [5, 5.41) is 0.312. The number of ether oxygens (including phenoxy) is 1. The SMILES string of the molecule is CCOC(=O)C1(CBr)CCc2ccccc2C1=O. The quantitative estimate of drug-likeness (QED) is 0.490. The number of alkyl halides is 1. The van der Waals surface area contributed by atoms with Gasteiger partial charge in [0.25, 0.3) is 0 Å². The van der Waals surface area contributed by atoms with Crippen molar-refractivity contribution in [3.63, 3.8) is 0 Å². The summed E-state index contributed by atoms with van der Waals surface area (Å²) in [5.41, 5.74) is 0.615. The van der Waals surface area contributed by atoms with Crippen molar-refractivity contribution in [2.45, 2.75) is 19.8 Å². The van der Waals surface area contributed by atoms with Crippen LogP contribution in [0, 0.1) is 5.41 Å². The third-order valence-electron chi connectivity index (χ3n) is 3.41. The molecule has 1 aromatic carbocycles. The fourth-order valence-corrected chi connectivity index (χ4v) is 3.09. The highest BCUT2D eigenvalue weighted by Gasteiger charge is 2.49. The molecule has 1 aliphatic rings. The minimum Gasteiger partial charge on any atom is -0.465 e. The van der Waals surface area contributed by atoms with E-state index >= 15 is 0 Å². The number of rotatable bonds is 3. The van der Waals surface area contributed by atoms with Gasteiger partial charge in [-0.25, -0.2) is 0 Å². The van der Waals surface area contributed by atoms with E-state index in [1.807, 2.05) is 18.2 Å². The number of carbonyl (C=O) groups is 2. The van der Waals surface area contributed by atoms with Crippen molar-refractivity contribution < 1.29 is 14.3 Å². The number of ketones is 1. The second-order valence-electron chi connectivity index (χ2n) is 4.42. The Balaban J connectivity index is 2.42. The molecule has 0 bridgehead atoms. The number of esters is 1. The molecule has 96 valence electrons. The van der Waals surface area contributed by atoms with E-state index in [0.717, 1.165) is 12.0 Å². The Bertz CT molecular complexity index is 484. The summed E-state index contributed by atoms with van der Waals surface area (Å²) in [6.07, 6.45) is 1.24. The Morgan fingerprint density at radius 3 is 2.83 bits per heavy atom. The van der Waals surface area contributed by atoms with E-state index in [1.54, 1.807) is 13.0 Å². The molecule has 1 atom stereocenters. The largest absolute Gasteiger partial charge is 0.465 e. The van der Waals surface area contributed by atoms with Gasteiger partial charge in [-0.1, -0.05) is 40.2 Å². The minimum atomic E-state index is -1.05. The summed E-state index contributed by atoms with van der Waals surface area (Å²) in [4.78, 5) is 24.7. The van der Waals surface area contributed by atoms with E-state index in [1.165, 1.54) is 0 Å². The average Bonchev–Trinajstić information content (AvgIpc) is 2.40. The molecule has 0 radical (unpaired) electrons. The summed E-state index contributed by atoms with van der Waals surface area (Å²) >= 11 is 3.31. The van der Waals surface area contributed by atoms with Crippen LogP contribution in [0.3, 0.4) is 0 Å². The van der Waals surface area contributed by atoms with Gasteiger partial charge < -0.3 is 4.74 Å². The third kappa shape index (κ3) is 1.99. The van der Waals surface area contributed by atoms with Crippen molar-refractivity contribution in [1.29, 1.82) is 0 Å². The number of Topliss-reactive ketones (excluding diaryl/α,β-unsaturated/α-hetero) is 1. The molecule has 0 saturated carbocycles. The van der Waals surface area contributed by atoms with Gasteiger partial charge in [0.1, 0.15) is 5.41 Å². The molecule has 0 saturated heterocycles. The van der Waals surface area contributed by atoms with Crippen molar-refractivity contribution in [3.8, 4) is 0 Å². The predicted molar refractivity (Wildman–Crippen MR) is 72.0 cm³/mol. The van der Waals surface area contributed by atoms with Crippen LogP contribution in [0.25, 0.3) is 0 Å². The van der Waals surface area contributed by atoms with Crippen LogP contribution in [-0.4, -0.2) is 23.7 Å². The second-order valence-corrected chi connectivity index (χ2v) is 4.98. The van der Waals surface area contributed by atoms with E-state index < -0.39 is 11.4 Å². The van der Waals surface area contributed by atoms with Gasteiger partial charge in [-0.3, -0.25) is 9.59 Å². The van der Waals surface area contributed by atoms with Crippen molar-refractivity contribution in [3.05, 3.63) is 35.4 Å². The zero-order valence-electron chi connectivity index (χ0n) is 10.2. The average molecular weight is 311 g/mol. The Hall–Kier alpha value is -1.16. The number of hydrogen-bond acceptors (Lipinski definition) is 3. The number of aryl methyl sites for hydroxylation is 1. The fraction of sp³-hybridized carbons (Fsp3) is 0.429. The second kappa shape index (κ2) is 5.22. The number of fused-ring (bicyclic) bond motifs is 1. The van der Waals surface area contributed by atoms with Gasteiger partial charge in [-0.05, 0) is 25.3 Å². The van der Waals surface area contributed by atoms with Gasteiger partial charge in [0, 0.05) is 10.9 Å². The molecule has 0 aromatic heterocycles. The highest BCUT2D eigenvalue weighted by molar-refractivity contribution is 9.09. The normalized spacial score (nSPS) is 22.4. The molecule has 2 rings (SSSR count). The van der Waals surface area contributed by atoms with Gasteiger partial charge in [0.05, 0.1) is 6.61 Å². The molecule has 1 unspecified atom stereocenters.